The summed E-state index contributed by atoms with van der Waals surface area (Å²) in [6, 6.07) is 9.24. The number of hydrogen-bond donors (Lipinski definition) is 3. The van der Waals surface area contributed by atoms with Crippen LogP contribution in [0.1, 0.15) is 0 Å². The summed E-state index contributed by atoms with van der Waals surface area (Å²) < 4.78 is 27.1. The molecule has 4 N–H and O–H groups in total. The summed E-state index contributed by atoms with van der Waals surface area (Å²) in [7, 11) is -4.06. The van der Waals surface area contributed by atoms with Crippen LogP contribution in [0.3, 0.4) is 0 Å². The Labute approximate surface area is 131 Å². The molecular formula is C12H11ClN4O4S. The van der Waals surface area contributed by atoms with Gasteiger partial charge in [-0.05, 0) is 30.3 Å². The normalized spacial score (nSPS) is 11.0. The quantitative estimate of drug-likeness (QED) is 0.434. The molecule has 0 aromatic heterocycles. The van der Waals surface area contributed by atoms with E-state index in [2.05, 4.69) is 10.1 Å². The molecule has 0 aliphatic carbocycles. The second-order valence-electron chi connectivity index (χ2n) is 4.19. The van der Waals surface area contributed by atoms with Gasteiger partial charge in [0, 0.05) is 22.8 Å². The maximum Gasteiger partial charge on any atom is 0.270 e. The molecule has 2 aromatic carbocycles. The highest BCUT2D eigenvalue weighted by atomic mass is 35.5. The number of hydrazine groups is 1. The van der Waals surface area contributed by atoms with Crippen molar-refractivity contribution in [3.63, 3.8) is 0 Å². The first-order valence-corrected chi connectivity index (χ1v) is 7.73. The molecule has 0 unspecified atom stereocenters. The topological polar surface area (TPSA) is 127 Å². The minimum absolute atomic E-state index is 0.0343. The lowest BCUT2D eigenvalue weighted by atomic mass is 10.3. The van der Waals surface area contributed by atoms with Crippen molar-refractivity contribution in [2.24, 2.45) is 5.84 Å². The van der Waals surface area contributed by atoms with Crippen LogP contribution in [0, 0.1) is 10.1 Å². The molecular weight excluding hydrogens is 332 g/mol. The number of rotatable bonds is 5. The van der Waals surface area contributed by atoms with Crippen LogP contribution in [-0.2, 0) is 10.0 Å². The smallest absolute Gasteiger partial charge is 0.270 e. The molecule has 0 aliphatic heterocycles. The molecule has 8 nitrogen and oxygen atoms in total. The highest BCUT2D eigenvalue weighted by Gasteiger charge is 2.22. The van der Waals surface area contributed by atoms with Gasteiger partial charge in [-0.2, -0.15) is 0 Å². The summed E-state index contributed by atoms with van der Waals surface area (Å²) in [4.78, 5) is 9.77. The molecule has 0 heterocycles. The Hall–Kier alpha value is -2.36. The van der Waals surface area contributed by atoms with E-state index in [-0.39, 0.29) is 22.0 Å². The molecule has 0 fully saturated rings. The Morgan fingerprint density at radius 2 is 1.77 bits per heavy atom. The van der Waals surface area contributed by atoms with Gasteiger partial charge in [-0.15, -0.1) is 0 Å². The lowest BCUT2D eigenvalue weighted by Gasteiger charge is -2.11. The van der Waals surface area contributed by atoms with Crippen LogP contribution in [0.25, 0.3) is 0 Å². The van der Waals surface area contributed by atoms with Crippen molar-refractivity contribution in [1.29, 1.82) is 0 Å². The molecule has 0 amide bonds. The van der Waals surface area contributed by atoms with Crippen molar-refractivity contribution in [2.75, 3.05) is 10.1 Å². The second kappa shape index (κ2) is 6.18. The fraction of sp³-hybridized carbons (Fsp3) is 0. The molecule has 0 saturated carbocycles. The van der Waals surface area contributed by atoms with Gasteiger partial charge in [-0.3, -0.25) is 20.7 Å². The van der Waals surface area contributed by atoms with Gasteiger partial charge in [-0.25, -0.2) is 8.42 Å². The Bertz CT molecular complexity index is 808. The predicted octanol–water partition coefficient (Wildman–Crippen LogP) is 2.33. The number of nitrogens with one attached hydrogen (secondary N) is 2. The van der Waals surface area contributed by atoms with Crippen molar-refractivity contribution in [3.05, 3.63) is 57.6 Å². The number of nitrogens with two attached hydrogens (primary N) is 1. The predicted molar refractivity (Wildman–Crippen MR) is 83.2 cm³/mol. The third-order valence-corrected chi connectivity index (χ3v) is 4.39. The van der Waals surface area contributed by atoms with Crippen molar-refractivity contribution in [2.45, 2.75) is 4.90 Å². The van der Waals surface area contributed by atoms with Gasteiger partial charge in [0.25, 0.3) is 15.7 Å². The van der Waals surface area contributed by atoms with Crippen LogP contribution in [0.4, 0.5) is 17.1 Å². The molecule has 2 aromatic rings. The fourth-order valence-corrected chi connectivity index (χ4v) is 3.07. The molecule has 2 rings (SSSR count). The number of hydrogen-bond acceptors (Lipinski definition) is 6. The minimum Gasteiger partial charge on any atom is -0.323 e. The molecule has 0 atom stereocenters. The zero-order chi connectivity index (χ0) is 16.3. The maximum atomic E-state index is 12.4. The number of benzene rings is 2. The average Bonchev–Trinajstić information content (AvgIpc) is 2.48. The van der Waals surface area contributed by atoms with E-state index in [1.807, 2.05) is 0 Å². The summed E-state index contributed by atoms with van der Waals surface area (Å²) in [6.45, 7) is 0. The van der Waals surface area contributed by atoms with E-state index in [1.54, 1.807) is 0 Å². The van der Waals surface area contributed by atoms with Gasteiger partial charge in [0.15, 0.2) is 0 Å². The Balaban J connectivity index is 2.45. The Kier molecular flexibility index (Phi) is 4.50. The van der Waals surface area contributed by atoms with Crippen LogP contribution >= 0.6 is 11.6 Å². The lowest BCUT2D eigenvalue weighted by Crippen LogP contribution is -2.17. The van der Waals surface area contributed by atoms with Crippen LogP contribution in [0.2, 0.25) is 5.02 Å². The molecule has 0 spiro atoms. The molecule has 0 saturated heterocycles. The van der Waals surface area contributed by atoms with Crippen molar-refractivity contribution < 1.29 is 13.3 Å². The summed E-state index contributed by atoms with van der Waals surface area (Å²) in [6.07, 6.45) is 0. The molecule has 0 bridgehead atoms. The number of nitro benzene ring substituents is 1. The molecule has 0 radical (unpaired) electrons. The zero-order valence-electron chi connectivity index (χ0n) is 11.0. The standard InChI is InChI=1S/C12H11ClN4O4S/c13-8-1-3-9(4-2-8)16-22(20,21)12-7-10(17(18)19)5-6-11(12)15-14/h1-7,15-16H,14H2. The van der Waals surface area contributed by atoms with E-state index in [4.69, 9.17) is 17.4 Å². The first-order chi connectivity index (χ1) is 10.3. The van der Waals surface area contributed by atoms with E-state index in [9.17, 15) is 18.5 Å². The third-order valence-electron chi connectivity index (χ3n) is 2.72. The molecule has 10 heteroatoms. The fourth-order valence-electron chi connectivity index (χ4n) is 1.69. The number of nitro groups is 1. The van der Waals surface area contributed by atoms with Gasteiger partial charge in [-0.1, -0.05) is 11.6 Å². The van der Waals surface area contributed by atoms with Crippen molar-refractivity contribution in [1.82, 2.24) is 0 Å². The monoisotopic (exact) mass is 342 g/mol. The van der Waals surface area contributed by atoms with Gasteiger partial charge in [0.05, 0.1) is 10.6 Å². The van der Waals surface area contributed by atoms with Gasteiger partial charge < -0.3 is 5.43 Å². The second-order valence-corrected chi connectivity index (χ2v) is 6.28. The number of nitrogens with zero attached hydrogens (tertiary/aromatic N) is 1. The van der Waals surface area contributed by atoms with Crippen LogP contribution in [0.5, 0.6) is 0 Å². The average molecular weight is 343 g/mol. The first-order valence-electron chi connectivity index (χ1n) is 5.87. The summed E-state index contributed by atoms with van der Waals surface area (Å²) in [5, 5.41) is 11.2. The summed E-state index contributed by atoms with van der Waals surface area (Å²) in [5.74, 6) is 5.26. The van der Waals surface area contributed by atoms with Gasteiger partial charge in [0.2, 0.25) is 0 Å². The first kappa shape index (κ1) is 16.0. The molecule has 22 heavy (non-hydrogen) atoms. The van der Waals surface area contributed by atoms with Crippen LogP contribution < -0.4 is 16.0 Å². The summed E-state index contributed by atoms with van der Waals surface area (Å²) in [5.41, 5.74) is 2.13. The Morgan fingerprint density at radius 1 is 1.14 bits per heavy atom. The maximum absolute atomic E-state index is 12.4. The van der Waals surface area contributed by atoms with Crippen molar-refractivity contribution in [3.8, 4) is 0 Å². The van der Waals surface area contributed by atoms with E-state index < -0.39 is 14.9 Å². The van der Waals surface area contributed by atoms with E-state index in [0.717, 1.165) is 12.1 Å². The van der Waals surface area contributed by atoms with Gasteiger partial charge in [0.1, 0.15) is 4.90 Å². The largest absolute Gasteiger partial charge is 0.323 e. The SMILES string of the molecule is NNc1ccc([N+](=O)[O-])cc1S(=O)(=O)Nc1ccc(Cl)cc1. The van der Waals surface area contributed by atoms with Crippen molar-refractivity contribution >= 4 is 38.7 Å². The number of nitrogen functional groups attached to an aromatic ring is 1. The summed E-state index contributed by atoms with van der Waals surface area (Å²) >= 11 is 5.72. The number of halogens is 1. The minimum atomic E-state index is -4.06. The number of anilines is 2. The number of non-ortho nitro benzene ring substituents is 1. The highest BCUT2D eigenvalue weighted by Crippen LogP contribution is 2.27. The van der Waals surface area contributed by atoms with Crippen LogP contribution in [0.15, 0.2) is 47.4 Å². The lowest BCUT2D eigenvalue weighted by molar-refractivity contribution is -0.385. The van der Waals surface area contributed by atoms with E-state index in [0.29, 0.717) is 5.02 Å². The van der Waals surface area contributed by atoms with E-state index in [1.165, 1.54) is 30.3 Å². The zero-order valence-corrected chi connectivity index (χ0v) is 12.6. The van der Waals surface area contributed by atoms with Crippen LogP contribution in [-0.4, -0.2) is 13.3 Å². The molecule has 116 valence electrons. The Morgan fingerprint density at radius 3 is 2.32 bits per heavy atom. The van der Waals surface area contributed by atoms with E-state index >= 15 is 0 Å². The molecule has 0 aliphatic rings. The van der Waals surface area contributed by atoms with Gasteiger partial charge >= 0.3 is 0 Å². The number of sulfonamides is 1. The highest BCUT2D eigenvalue weighted by molar-refractivity contribution is 7.92. The third kappa shape index (κ3) is 3.45.